The Morgan fingerprint density at radius 3 is 2.65 bits per heavy atom. The van der Waals surface area contributed by atoms with Gasteiger partial charge in [-0.2, -0.15) is 0 Å². The number of carbonyl (C=O) groups is 2. The number of hydrogen-bond donors (Lipinski definition) is 2. The van der Waals surface area contributed by atoms with E-state index < -0.39 is 11.9 Å². The van der Waals surface area contributed by atoms with Gasteiger partial charge in [0.05, 0.1) is 10.6 Å². The van der Waals surface area contributed by atoms with Crippen LogP contribution < -0.4 is 15.4 Å². The molecule has 106 valence electrons. The van der Waals surface area contributed by atoms with Crippen LogP contribution in [0.4, 0.5) is 4.79 Å². The van der Waals surface area contributed by atoms with Crippen LogP contribution in [-0.2, 0) is 4.79 Å². The van der Waals surface area contributed by atoms with E-state index in [2.05, 4.69) is 33.5 Å². The van der Waals surface area contributed by atoms with Crippen molar-refractivity contribution in [3.8, 4) is 5.75 Å². The molecule has 1 fully saturated rings. The molecule has 0 aromatic heterocycles. The Labute approximate surface area is 125 Å². The summed E-state index contributed by atoms with van der Waals surface area (Å²) in [7, 11) is 0. The lowest BCUT2D eigenvalue weighted by Gasteiger charge is -2.14. The maximum absolute atomic E-state index is 11.4. The van der Waals surface area contributed by atoms with E-state index in [1.54, 1.807) is 6.08 Å². The van der Waals surface area contributed by atoms with Crippen LogP contribution in [0.2, 0.25) is 0 Å². The molecule has 3 amide bonds. The molecule has 0 spiro atoms. The summed E-state index contributed by atoms with van der Waals surface area (Å²) in [6, 6.07) is 4.99. The van der Waals surface area contributed by atoms with Crippen molar-refractivity contribution in [1.82, 2.24) is 10.6 Å². The molecular formula is C14H15BrN2O3. The van der Waals surface area contributed by atoms with Crippen molar-refractivity contribution in [3.05, 3.63) is 33.9 Å². The number of urea groups is 1. The van der Waals surface area contributed by atoms with Gasteiger partial charge in [0.25, 0.3) is 5.91 Å². The van der Waals surface area contributed by atoms with E-state index in [4.69, 9.17) is 4.74 Å². The minimum atomic E-state index is -0.503. The van der Waals surface area contributed by atoms with Crippen LogP contribution in [0.15, 0.2) is 28.4 Å². The van der Waals surface area contributed by atoms with Gasteiger partial charge in [-0.05, 0) is 53.0 Å². The summed E-state index contributed by atoms with van der Waals surface area (Å²) in [4.78, 5) is 22.4. The quantitative estimate of drug-likeness (QED) is 0.655. The van der Waals surface area contributed by atoms with Crippen LogP contribution in [0.5, 0.6) is 5.75 Å². The molecule has 1 aliphatic rings. The molecule has 2 rings (SSSR count). The number of amides is 3. The van der Waals surface area contributed by atoms with Crippen LogP contribution in [0.1, 0.15) is 25.8 Å². The van der Waals surface area contributed by atoms with Crippen molar-refractivity contribution in [2.75, 3.05) is 0 Å². The highest BCUT2D eigenvalue weighted by Crippen LogP contribution is 2.28. The number of ether oxygens (including phenoxy) is 1. The second-order valence-corrected chi connectivity index (χ2v) is 5.35. The SMILES string of the molecule is CC[C@H](C)Oc1ccc(/C=C2/NC(=O)NC2=O)cc1Br. The van der Waals surface area contributed by atoms with E-state index in [1.165, 1.54) is 0 Å². The monoisotopic (exact) mass is 338 g/mol. The van der Waals surface area contributed by atoms with Crippen LogP contribution in [-0.4, -0.2) is 18.0 Å². The Bertz CT molecular complexity index is 584. The number of rotatable bonds is 4. The zero-order valence-corrected chi connectivity index (χ0v) is 12.8. The molecule has 0 bridgehead atoms. The van der Waals surface area contributed by atoms with E-state index in [-0.39, 0.29) is 11.8 Å². The summed E-state index contributed by atoms with van der Waals surface area (Å²) >= 11 is 3.44. The van der Waals surface area contributed by atoms with E-state index in [1.807, 2.05) is 25.1 Å². The van der Waals surface area contributed by atoms with Gasteiger partial charge in [0.1, 0.15) is 11.4 Å². The molecular weight excluding hydrogens is 324 g/mol. The van der Waals surface area contributed by atoms with Gasteiger partial charge in [0, 0.05) is 0 Å². The average Bonchev–Trinajstić information content (AvgIpc) is 2.71. The van der Waals surface area contributed by atoms with Gasteiger partial charge < -0.3 is 10.1 Å². The molecule has 0 aliphatic carbocycles. The van der Waals surface area contributed by atoms with Crippen LogP contribution in [0.25, 0.3) is 6.08 Å². The highest BCUT2D eigenvalue weighted by molar-refractivity contribution is 9.10. The molecule has 1 aromatic rings. The average molecular weight is 339 g/mol. The van der Waals surface area contributed by atoms with Gasteiger partial charge in [-0.3, -0.25) is 10.1 Å². The van der Waals surface area contributed by atoms with E-state index in [0.717, 1.165) is 22.2 Å². The van der Waals surface area contributed by atoms with Crippen LogP contribution in [0, 0.1) is 0 Å². The van der Waals surface area contributed by atoms with Crippen molar-refractivity contribution in [3.63, 3.8) is 0 Å². The fourth-order valence-corrected chi connectivity index (χ4v) is 2.14. The minimum absolute atomic E-state index is 0.135. The largest absolute Gasteiger partial charge is 0.490 e. The predicted octanol–water partition coefficient (Wildman–Crippen LogP) is 2.81. The molecule has 1 aliphatic heterocycles. The lowest BCUT2D eigenvalue weighted by Crippen LogP contribution is -2.22. The Morgan fingerprint density at radius 1 is 1.35 bits per heavy atom. The molecule has 5 nitrogen and oxygen atoms in total. The lowest BCUT2D eigenvalue weighted by atomic mass is 10.2. The molecule has 1 saturated heterocycles. The number of carbonyl (C=O) groups excluding carboxylic acids is 2. The summed E-state index contributed by atoms with van der Waals surface area (Å²) in [5.74, 6) is 0.326. The molecule has 1 atom stereocenters. The molecule has 0 unspecified atom stereocenters. The second-order valence-electron chi connectivity index (χ2n) is 4.49. The van der Waals surface area contributed by atoms with E-state index >= 15 is 0 Å². The third-order valence-electron chi connectivity index (χ3n) is 2.89. The first kappa shape index (κ1) is 14.6. The summed E-state index contributed by atoms with van der Waals surface area (Å²) in [6.07, 6.45) is 2.66. The summed E-state index contributed by atoms with van der Waals surface area (Å²) in [6.45, 7) is 4.06. The molecule has 6 heteroatoms. The van der Waals surface area contributed by atoms with E-state index in [9.17, 15) is 9.59 Å². The zero-order valence-electron chi connectivity index (χ0n) is 11.2. The highest BCUT2D eigenvalue weighted by Gasteiger charge is 2.22. The molecule has 1 heterocycles. The minimum Gasteiger partial charge on any atom is -0.490 e. The summed E-state index contributed by atoms with van der Waals surface area (Å²) < 4.78 is 6.54. The van der Waals surface area contributed by atoms with Crippen molar-refractivity contribution < 1.29 is 14.3 Å². The number of halogens is 1. The van der Waals surface area contributed by atoms with Crippen molar-refractivity contribution in [2.24, 2.45) is 0 Å². The van der Waals surface area contributed by atoms with Gasteiger partial charge in [0.2, 0.25) is 0 Å². The van der Waals surface area contributed by atoms with E-state index in [0.29, 0.717) is 0 Å². The van der Waals surface area contributed by atoms with Gasteiger partial charge >= 0.3 is 6.03 Å². The number of imide groups is 1. The number of nitrogens with one attached hydrogen (secondary N) is 2. The van der Waals surface area contributed by atoms with Crippen LogP contribution >= 0.6 is 15.9 Å². The maximum atomic E-state index is 11.4. The Hall–Kier alpha value is -1.82. The number of hydrogen-bond acceptors (Lipinski definition) is 3. The fraction of sp³-hybridized carbons (Fsp3) is 0.286. The standard InChI is InChI=1S/C14H15BrN2O3/c1-3-8(2)20-12-5-4-9(6-10(12)15)7-11-13(18)17-14(19)16-11/h4-8H,3H2,1-2H3,(H2,16,17,18,19)/b11-7+/t8-/m0/s1. The van der Waals surface area contributed by atoms with Crippen LogP contribution in [0.3, 0.4) is 0 Å². The first-order valence-corrected chi connectivity index (χ1v) is 7.09. The highest BCUT2D eigenvalue weighted by atomic mass is 79.9. The van der Waals surface area contributed by atoms with Crippen molar-refractivity contribution in [1.29, 1.82) is 0 Å². The lowest BCUT2D eigenvalue weighted by molar-refractivity contribution is -0.115. The third-order valence-corrected chi connectivity index (χ3v) is 3.51. The van der Waals surface area contributed by atoms with Gasteiger partial charge in [-0.15, -0.1) is 0 Å². The Balaban J connectivity index is 2.19. The summed E-state index contributed by atoms with van der Waals surface area (Å²) in [5.41, 5.74) is 1.03. The second kappa shape index (κ2) is 6.09. The Morgan fingerprint density at radius 2 is 2.10 bits per heavy atom. The first-order chi connectivity index (χ1) is 9.49. The molecule has 0 radical (unpaired) electrons. The van der Waals surface area contributed by atoms with Crippen molar-refractivity contribution in [2.45, 2.75) is 26.4 Å². The first-order valence-electron chi connectivity index (χ1n) is 6.30. The fourth-order valence-electron chi connectivity index (χ4n) is 1.65. The smallest absolute Gasteiger partial charge is 0.326 e. The topological polar surface area (TPSA) is 67.4 Å². The summed E-state index contributed by atoms with van der Waals surface area (Å²) in [5, 5.41) is 4.60. The predicted molar refractivity (Wildman–Crippen MR) is 79.2 cm³/mol. The van der Waals surface area contributed by atoms with Gasteiger partial charge in [0.15, 0.2) is 0 Å². The molecule has 0 saturated carbocycles. The van der Waals surface area contributed by atoms with Crippen molar-refractivity contribution >= 4 is 33.9 Å². The number of benzene rings is 1. The Kier molecular flexibility index (Phi) is 4.44. The third kappa shape index (κ3) is 3.39. The molecule has 20 heavy (non-hydrogen) atoms. The normalized spacial score (nSPS) is 17.9. The molecule has 1 aromatic carbocycles. The maximum Gasteiger partial charge on any atom is 0.326 e. The van der Waals surface area contributed by atoms with Gasteiger partial charge in [-0.1, -0.05) is 13.0 Å². The molecule has 2 N–H and O–H groups in total. The zero-order chi connectivity index (χ0) is 14.7. The van der Waals surface area contributed by atoms with Gasteiger partial charge in [-0.25, -0.2) is 4.79 Å².